The largest absolute Gasteiger partial charge is 0.368 e. The maximum absolute atomic E-state index is 12.4. The topological polar surface area (TPSA) is 90.3 Å². The van der Waals surface area contributed by atoms with E-state index < -0.39 is 0 Å². The molecule has 2 fully saturated rings. The van der Waals surface area contributed by atoms with E-state index >= 15 is 0 Å². The summed E-state index contributed by atoms with van der Waals surface area (Å²) in [5.74, 6) is 0.142. The van der Waals surface area contributed by atoms with E-state index in [0.29, 0.717) is 11.6 Å². The van der Waals surface area contributed by atoms with Crippen LogP contribution in [0.15, 0.2) is 51.6 Å². The quantitative estimate of drug-likeness (QED) is 0.764. The third kappa shape index (κ3) is 4.14. The predicted octanol–water partition coefficient (Wildman–Crippen LogP) is 1.65. The number of carbonyl (C=O) groups is 2. The Morgan fingerprint density at radius 1 is 1.19 bits per heavy atom. The van der Waals surface area contributed by atoms with Crippen LogP contribution in [-0.2, 0) is 4.79 Å². The number of dihydropyridines is 2. The van der Waals surface area contributed by atoms with Gasteiger partial charge in [-0.3, -0.25) is 19.5 Å². The van der Waals surface area contributed by atoms with Crippen molar-refractivity contribution in [3.63, 3.8) is 0 Å². The molecule has 4 heterocycles. The van der Waals surface area contributed by atoms with Gasteiger partial charge in [0.2, 0.25) is 0 Å². The Bertz CT molecular complexity index is 1030. The summed E-state index contributed by atoms with van der Waals surface area (Å²) in [5, 5.41) is 2.59. The Balaban J connectivity index is 1.16. The molecule has 0 aromatic carbocycles. The van der Waals surface area contributed by atoms with E-state index in [0.717, 1.165) is 68.1 Å². The molecular formula is C24H28N6O2. The number of aromatic nitrogens is 1. The summed E-state index contributed by atoms with van der Waals surface area (Å²) in [5.41, 5.74) is 4.20. The van der Waals surface area contributed by atoms with Gasteiger partial charge in [-0.1, -0.05) is 6.42 Å². The van der Waals surface area contributed by atoms with Gasteiger partial charge in [-0.05, 0) is 48.6 Å². The molecule has 0 radical (unpaired) electrons. The molecule has 166 valence electrons. The number of pyridine rings is 1. The molecule has 1 N–H and O–H groups in total. The predicted molar refractivity (Wildman–Crippen MR) is 125 cm³/mol. The molecule has 1 aliphatic carbocycles. The Morgan fingerprint density at radius 2 is 2.00 bits per heavy atom. The Kier molecular flexibility index (Phi) is 5.70. The van der Waals surface area contributed by atoms with Crippen molar-refractivity contribution in [3.05, 3.63) is 47.3 Å². The van der Waals surface area contributed by atoms with Crippen LogP contribution in [0.5, 0.6) is 0 Å². The number of fused-ring (bicyclic) bond motifs is 1. The summed E-state index contributed by atoms with van der Waals surface area (Å²) < 4.78 is 0. The van der Waals surface area contributed by atoms with Gasteiger partial charge in [-0.2, -0.15) is 0 Å². The van der Waals surface area contributed by atoms with E-state index in [-0.39, 0.29) is 17.9 Å². The van der Waals surface area contributed by atoms with Crippen LogP contribution in [0.1, 0.15) is 29.8 Å². The van der Waals surface area contributed by atoms with Gasteiger partial charge in [-0.15, -0.1) is 0 Å². The molecule has 1 aromatic heterocycles. The fraction of sp³-hybridized carbons (Fsp3) is 0.458. The summed E-state index contributed by atoms with van der Waals surface area (Å²) >= 11 is 0. The van der Waals surface area contributed by atoms with Crippen LogP contribution in [0.4, 0.5) is 5.69 Å². The van der Waals surface area contributed by atoms with E-state index in [2.05, 4.69) is 30.1 Å². The van der Waals surface area contributed by atoms with Gasteiger partial charge in [-0.25, -0.2) is 9.98 Å². The highest BCUT2D eigenvalue weighted by atomic mass is 16.2. The first-order valence-corrected chi connectivity index (χ1v) is 11.3. The standard InChI is InChI=1S/C24H28N6O2/c1-25-24(32)20-6-5-18(14-27-20)30-9-7-29(8-10-30)15-16-11-22-21(26-13-16)12-19(23(31)28-22)17-3-2-4-17/h5-6,11-14,17,21H,2-4,7-10,15H2,1H3,(H,25,32). The molecule has 0 bridgehead atoms. The van der Waals surface area contributed by atoms with Crippen molar-refractivity contribution in [1.82, 2.24) is 15.2 Å². The average Bonchev–Trinajstić information content (AvgIpc) is 2.78. The molecule has 8 heteroatoms. The van der Waals surface area contributed by atoms with E-state index in [9.17, 15) is 9.59 Å². The SMILES string of the molecule is CNC(=O)c1ccc(N2CCN(CC3=CC4=NC(=O)C(C5CCC5)=CC4N=C3)CC2)cn1. The lowest BCUT2D eigenvalue weighted by Gasteiger charge is -2.36. The molecule has 8 nitrogen and oxygen atoms in total. The van der Waals surface area contributed by atoms with Crippen LogP contribution in [0, 0.1) is 5.92 Å². The Hall–Kier alpha value is -3.13. The monoisotopic (exact) mass is 432 g/mol. The molecule has 1 atom stereocenters. The number of aliphatic imine (C=N–C) groups is 2. The first-order chi connectivity index (χ1) is 15.6. The number of piperazine rings is 1. The van der Waals surface area contributed by atoms with Crippen molar-refractivity contribution in [2.75, 3.05) is 44.7 Å². The molecule has 1 saturated heterocycles. The molecule has 4 aliphatic rings. The van der Waals surface area contributed by atoms with Gasteiger partial charge >= 0.3 is 0 Å². The lowest BCUT2D eigenvalue weighted by Crippen LogP contribution is -2.47. The van der Waals surface area contributed by atoms with Gasteiger partial charge in [0.05, 0.1) is 17.6 Å². The van der Waals surface area contributed by atoms with Crippen LogP contribution in [0.2, 0.25) is 0 Å². The highest BCUT2D eigenvalue weighted by Crippen LogP contribution is 2.35. The maximum Gasteiger partial charge on any atom is 0.273 e. The second kappa shape index (κ2) is 8.78. The summed E-state index contributed by atoms with van der Waals surface area (Å²) in [4.78, 5) is 42.1. The van der Waals surface area contributed by atoms with Crippen molar-refractivity contribution >= 4 is 29.4 Å². The Labute approximate surface area is 187 Å². The highest BCUT2D eigenvalue weighted by Gasteiger charge is 2.32. The average molecular weight is 433 g/mol. The second-order valence-corrected chi connectivity index (χ2v) is 8.78. The lowest BCUT2D eigenvalue weighted by molar-refractivity contribution is -0.115. The summed E-state index contributed by atoms with van der Waals surface area (Å²) in [6.07, 6.45) is 11.2. The van der Waals surface area contributed by atoms with Gasteiger partial charge in [0.15, 0.2) is 0 Å². The summed E-state index contributed by atoms with van der Waals surface area (Å²) in [6, 6.07) is 3.61. The smallest absolute Gasteiger partial charge is 0.273 e. The van der Waals surface area contributed by atoms with Crippen molar-refractivity contribution < 1.29 is 9.59 Å². The van der Waals surface area contributed by atoms with E-state index in [1.807, 2.05) is 24.4 Å². The summed E-state index contributed by atoms with van der Waals surface area (Å²) in [7, 11) is 1.60. The minimum atomic E-state index is -0.176. The number of nitrogens with zero attached hydrogens (tertiary/aromatic N) is 5. The minimum absolute atomic E-state index is 0.0710. The van der Waals surface area contributed by atoms with Crippen LogP contribution < -0.4 is 10.2 Å². The zero-order chi connectivity index (χ0) is 22.1. The van der Waals surface area contributed by atoms with E-state index in [1.165, 1.54) is 6.42 Å². The number of hydrogen-bond acceptors (Lipinski definition) is 6. The van der Waals surface area contributed by atoms with Crippen molar-refractivity contribution in [2.24, 2.45) is 15.9 Å². The minimum Gasteiger partial charge on any atom is -0.368 e. The zero-order valence-electron chi connectivity index (χ0n) is 18.3. The molecule has 0 spiro atoms. The number of nitrogens with one attached hydrogen (secondary N) is 1. The van der Waals surface area contributed by atoms with Crippen molar-refractivity contribution in [3.8, 4) is 0 Å². The number of rotatable bonds is 5. The zero-order valence-corrected chi connectivity index (χ0v) is 18.3. The van der Waals surface area contributed by atoms with Gasteiger partial charge < -0.3 is 10.2 Å². The molecule has 32 heavy (non-hydrogen) atoms. The fourth-order valence-electron chi connectivity index (χ4n) is 4.59. The van der Waals surface area contributed by atoms with Gasteiger partial charge in [0, 0.05) is 51.6 Å². The van der Waals surface area contributed by atoms with Crippen LogP contribution in [0.3, 0.4) is 0 Å². The van der Waals surface area contributed by atoms with Crippen LogP contribution >= 0.6 is 0 Å². The van der Waals surface area contributed by atoms with Crippen LogP contribution in [0.25, 0.3) is 0 Å². The fourth-order valence-corrected chi connectivity index (χ4v) is 4.59. The lowest BCUT2D eigenvalue weighted by atomic mass is 9.77. The molecule has 2 amide bonds. The third-order valence-electron chi connectivity index (χ3n) is 6.75. The first-order valence-electron chi connectivity index (χ1n) is 11.3. The van der Waals surface area contributed by atoms with Crippen LogP contribution in [-0.4, -0.2) is 79.4 Å². The summed E-state index contributed by atoms with van der Waals surface area (Å²) in [6.45, 7) is 4.41. The first kappa shape index (κ1) is 20.8. The molecule has 3 aliphatic heterocycles. The number of hydrogen-bond donors (Lipinski definition) is 1. The molecule has 1 aromatic rings. The number of amides is 2. The number of anilines is 1. The third-order valence-corrected chi connectivity index (χ3v) is 6.75. The number of carbonyl (C=O) groups excluding carboxylic acids is 2. The maximum atomic E-state index is 12.4. The highest BCUT2D eigenvalue weighted by molar-refractivity contribution is 6.17. The normalized spacial score (nSPS) is 23.7. The second-order valence-electron chi connectivity index (χ2n) is 8.78. The molecule has 5 rings (SSSR count). The van der Waals surface area contributed by atoms with Crippen molar-refractivity contribution in [2.45, 2.75) is 25.3 Å². The molecule has 1 unspecified atom stereocenters. The van der Waals surface area contributed by atoms with Gasteiger partial charge in [0.25, 0.3) is 11.8 Å². The van der Waals surface area contributed by atoms with Gasteiger partial charge in [0.1, 0.15) is 11.7 Å². The van der Waals surface area contributed by atoms with E-state index in [4.69, 9.17) is 0 Å². The molecule has 1 saturated carbocycles. The molecular weight excluding hydrogens is 404 g/mol. The Morgan fingerprint density at radius 3 is 2.66 bits per heavy atom. The van der Waals surface area contributed by atoms with E-state index in [1.54, 1.807) is 19.3 Å². The van der Waals surface area contributed by atoms with Crippen molar-refractivity contribution in [1.29, 1.82) is 0 Å².